The molecule has 252 valence electrons. The Morgan fingerprint density at radius 2 is 1.33 bits per heavy atom. The third kappa shape index (κ3) is 17.1. The first-order chi connectivity index (χ1) is 20.7. The van der Waals surface area contributed by atoms with Gasteiger partial charge in [-0.15, -0.1) is 24.8 Å². The van der Waals surface area contributed by atoms with Crippen LogP contribution in [0, 0.1) is 0 Å². The molecule has 0 saturated carbocycles. The van der Waals surface area contributed by atoms with Crippen molar-refractivity contribution in [3.8, 4) is 0 Å². The maximum atomic E-state index is 12.1. The Hall–Kier alpha value is -3.29. The molecule has 0 radical (unpaired) electrons. The zero-order chi connectivity index (χ0) is 30.9. The van der Waals surface area contributed by atoms with Gasteiger partial charge in [0.05, 0.1) is 32.0 Å². The fourth-order valence-electron chi connectivity index (χ4n) is 4.03. The van der Waals surface area contributed by atoms with Crippen LogP contribution in [0.15, 0.2) is 60.7 Å². The van der Waals surface area contributed by atoms with Gasteiger partial charge in [-0.3, -0.25) is 0 Å². The van der Waals surface area contributed by atoms with Crippen molar-refractivity contribution in [2.45, 2.75) is 51.8 Å². The molecule has 0 spiro atoms. The molecule has 3 amide bonds. The Labute approximate surface area is 277 Å². The van der Waals surface area contributed by atoms with Crippen LogP contribution in [0.3, 0.4) is 0 Å². The van der Waals surface area contributed by atoms with E-state index in [4.69, 9.17) is 23.7 Å². The normalized spacial score (nSPS) is 17.5. The van der Waals surface area contributed by atoms with E-state index in [1.165, 1.54) is 0 Å². The number of hydrogen-bond donors (Lipinski definition) is 3. The van der Waals surface area contributed by atoms with Gasteiger partial charge in [0.1, 0.15) is 18.8 Å². The molecular formula is C31H46Cl2N4O8. The van der Waals surface area contributed by atoms with Gasteiger partial charge in [0.2, 0.25) is 0 Å². The van der Waals surface area contributed by atoms with Crippen LogP contribution in [0.5, 0.6) is 0 Å². The van der Waals surface area contributed by atoms with Crippen molar-refractivity contribution < 1.29 is 38.1 Å². The van der Waals surface area contributed by atoms with Gasteiger partial charge in [-0.1, -0.05) is 60.7 Å². The van der Waals surface area contributed by atoms with Crippen molar-refractivity contribution in [3.05, 3.63) is 71.8 Å². The van der Waals surface area contributed by atoms with Gasteiger partial charge in [0.25, 0.3) is 0 Å². The van der Waals surface area contributed by atoms with Crippen LogP contribution < -0.4 is 16.0 Å². The molecule has 2 aliphatic heterocycles. The highest BCUT2D eigenvalue weighted by molar-refractivity contribution is 5.85. The number of carbonyl (C=O) groups excluding carboxylic acids is 3. The Balaban J connectivity index is 0.000000451. The highest BCUT2D eigenvalue weighted by Gasteiger charge is 2.28. The average Bonchev–Trinajstić information content (AvgIpc) is 3.02. The van der Waals surface area contributed by atoms with Crippen LogP contribution >= 0.6 is 24.8 Å². The van der Waals surface area contributed by atoms with E-state index in [2.05, 4.69) is 16.0 Å². The Morgan fingerprint density at radius 3 is 1.82 bits per heavy atom. The van der Waals surface area contributed by atoms with Crippen LogP contribution in [0.4, 0.5) is 14.4 Å². The minimum atomic E-state index is -0.537. The van der Waals surface area contributed by atoms with Crippen LogP contribution in [0.2, 0.25) is 0 Å². The highest BCUT2D eigenvalue weighted by atomic mass is 35.5. The Bertz CT molecular complexity index is 1120. The third-order valence-electron chi connectivity index (χ3n) is 6.17. The number of carbonyl (C=O) groups is 3. The number of ether oxygens (including phenoxy) is 5. The van der Waals surface area contributed by atoms with E-state index in [9.17, 15) is 14.4 Å². The molecule has 45 heavy (non-hydrogen) atoms. The molecule has 0 aromatic heterocycles. The highest BCUT2D eigenvalue weighted by Crippen LogP contribution is 2.13. The van der Waals surface area contributed by atoms with Gasteiger partial charge >= 0.3 is 18.3 Å². The molecule has 12 nitrogen and oxygen atoms in total. The predicted octanol–water partition coefficient (Wildman–Crippen LogP) is 4.29. The minimum Gasteiger partial charge on any atom is -0.445 e. The number of nitrogens with one attached hydrogen (secondary N) is 3. The summed E-state index contributed by atoms with van der Waals surface area (Å²) in [5.41, 5.74) is 1.36. The fourth-order valence-corrected chi connectivity index (χ4v) is 4.03. The van der Waals surface area contributed by atoms with Crippen molar-refractivity contribution in [1.29, 1.82) is 0 Å². The number of rotatable bonds is 8. The fraction of sp³-hybridized carbons (Fsp3) is 0.516. The number of amides is 3. The number of benzene rings is 2. The summed E-state index contributed by atoms with van der Waals surface area (Å²) >= 11 is 0. The van der Waals surface area contributed by atoms with E-state index in [0.717, 1.165) is 24.2 Å². The quantitative estimate of drug-likeness (QED) is 0.351. The first kappa shape index (κ1) is 39.7. The van der Waals surface area contributed by atoms with Crippen LogP contribution in [0.1, 0.15) is 31.9 Å². The average molecular weight is 674 g/mol. The number of nitrogens with zero attached hydrogens (tertiary/aromatic N) is 1. The predicted molar refractivity (Wildman–Crippen MR) is 174 cm³/mol. The zero-order valence-corrected chi connectivity index (χ0v) is 27.7. The van der Waals surface area contributed by atoms with E-state index < -0.39 is 17.8 Å². The Kier molecular flexibility index (Phi) is 18.9. The summed E-state index contributed by atoms with van der Waals surface area (Å²) in [5.74, 6) is 0. The second-order valence-corrected chi connectivity index (χ2v) is 11.0. The molecule has 2 fully saturated rings. The standard InChI is InChI=1S/C18H26N2O5.C13H18N2O3.2ClH/c1-18(2,3)25-17(22)20-9-10-23-15(12-20)11-19-16(21)24-13-14-7-5-4-6-8-14;16-13(15-9-12-8-14-6-7-17-12)18-10-11-4-2-1-3-5-11;;/h4-8,15H,9-13H2,1-3H3,(H,19,21);1-5,12,14H,6-10H2,(H,15,16);2*1H. The lowest BCUT2D eigenvalue weighted by molar-refractivity contribution is -0.0408. The van der Waals surface area contributed by atoms with Crippen molar-refractivity contribution in [2.75, 3.05) is 52.5 Å². The number of alkyl carbamates (subject to hydrolysis) is 2. The summed E-state index contributed by atoms with van der Waals surface area (Å²) < 4.78 is 26.6. The third-order valence-corrected chi connectivity index (χ3v) is 6.17. The molecule has 4 rings (SSSR count). The SMILES string of the molecule is CC(C)(C)OC(=O)N1CCOC(CNC(=O)OCc2ccccc2)C1.Cl.Cl.O=C(NCC1CNCCO1)OCc1ccccc1. The van der Waals surface area contributed by atoms with Crippen molar-refractivity contribution in [1.82, 2.24) is 20.9 Å². The van der Waals surface area contributed by atoms with Gasteiger partial charge in [-0.25, -0.2) is 14.4 Å². The summed E-state index contributed by atoms with van der Waals surface area (Å²) in [5, 5.41) is 8.56. The van der Waals surface area contributed by atoms with Gasteiger partial charge < -0.3 is 44.5 Å². The van der Waals surface area contributed by atoms with Crippen molar-refractivity contribution in [3.63, 3.8) is 0 Å². The van der Waals surface area contributed by atoms with Crippen molar-refractivity contribution in [2.24, 2.45) is 0 Å². The monoisotopic (exact) mass is 672 g/mol. The smallest absolute Gasteiger partial charge is 0.410 e. The van der Waals surface area contributed by atoms with Crippen LogP contribution in [0.25, 0.3) is 0 Å². The van der Waals surface area contributed by atoms with Crippen molar-refractivity contribution >= 4 is 43.1 Å². The zero-order valence-electron chi connectivity index (χ0n) is 26.0. The number of halogens is 2. The first-order valence-electron chi connectivity index (χ1n) is 14.5. The van der Waals surface area contributed by atoms with Crippen LogP contribution in [-0.4, -0.2) is 93.5 Å². The molecular weight excluding hydrogens is 627 g/mol. The topological polar surface area (TPSA) is 137 Å². The maximum absolute atomic E-state index is 12.1. The van der Waals surface area contributed by atoms with E-state index in [1.54, 1.807) is 4.90 Å². The molecule has 2 atom stereocenters. The second-order valence-electron chi connectivity index (χ2n) is 11.0. The molecule has 2 aromatic carbocycles. The summed E-state index contributed by atoms with van der Waals surface area (Å²) in [6.45, 7) is 10.3. The second kappa shape index (κ2) is 21.4. The van der Waals surface area contributed by atoms with E-state index >= 15 is 0 Å². The summed E-state index contributed by atoms with van der Waals surface area (Å²) in [6, 6.07) is 19.0. The molecule has 2 aliphatic rings. The molecule has 0 bridgehead atoms. The molecule has 2 aromatic rings. The first-order valence-corrected chi connectivity index (χ1v) is 14.5. The van der Waals surface area contributed by atoms with Crippen LogP contribution in [-0.2, 0) is 36.9 Å². The lowest BCUT2D eigenvalue weighted by Gasteiger charge is -2.34. The Morgan fingerprint density at radius 1 is 0.822 bits per heavy atom. The van der Waals surface area contributed by atoms with Gasteiger partial charge in [-0.2, -0.15) is 0 Å². The lowest BCUT2D eigenvalue weighted by Crippen LogP contribution is -2.50. The molecule has 2 unspecified atom stereocenters. The lowest BCUT2D eigenvalue weighted by atomic mass is 10.2. The minimum absolute atomic E-state index is 0. The van der Waals surface area contributed by atoms with E-state index in [1.807, 2.05) is 81.4 Å². The maximum Gasteiger partial charge on any atom is 0.410 e. The summed E-state index contributed by atoms with van der Waals surface area (Å²) in [4.78, 5) is 36.9. The molecule has 2 saturated heterocycles. The van der Waals surface area contributed by atoms with E-state index in [0.29, 0.717) is 32.8 Å². The molecule has 0 aliphatic carbocycles. The van der Waals surface area contributed by atoms with E-state index in [-0.39, 0.29) is 62.9 Å². The largest absolute Gasteiger partial charge is 0.445 e. The van der Waals surface area contributed by atoms with Gasteiger partial charge in [0.15, 0.2) is 0 Å². The molecule has 2 heterocycles. The molecule has 14 heteroatoms. The summed E-state index contributed by atoms with van der Waals surface area (Å²) in [6.07, 6.45) is -1.55. The number of morpholine rings is 2. The number of hydrogen-bond acceptors (Lipinski definition) is 9. The summed E-state index contributed by atoms with van der Waals surface area (Å²) in [7, 11) is 0. The van der Waals surface area contributed by atoms with Gasteiger partial charge in [0, 0.05) is 32.7 Å². The molecule has 3 N–H and O–H groups in total. The van der Waals surface area contributed by atoms with Gasteiger partial charge in [-0.05, 0) is 31.9 Å².